The molecule has 2 rings (SSSR count). The van der Waals surface area contributed by atoms with E-state index >= 15 is 0 Å². The van der Waals surface area contributed by atoms with Gasteiger partial charge in [-0.25, -0.2) is 20.9 Å². The third-order valence-electron chi connectivity index (χ3n) is 5.03. The molecule has 31 heavy (non-hydrogen) atoms. The molecule has 0 aromatic carbocycles. The number of H-pyrrole nitrogens is 2. The summed E-state index contributed by atoms with van der Waals surface area (Å²) < 4.78 is 0. The van der Waals surface area contributed by atoms with E-state index in [0.29, 0.717) is 23.6 Å². The van der Waals surface area contributed by atoms with E-state index in [4.69, 9.17) is 5.84 Å². The first kappa shape index (κ1) is 24.2. The fraction of sp³-hybridized carbons (Fsp3) is 0.550. The van der Waals surface area contributed by atoms with E-state index in [1.165, 1.54) is 6.07 Å². The van der Waals surface area contributed by atoms with Gasteiger partial charge in [0.05, 0.1) is 23.2 Å². The van der Waals surface area contributed by atoms with E-state index in [9.17, 15) is 24.4 Å². The van der Waals surface area contributed by atoms with Crippen molar-refractivity contribution in [1.29, 1.82) is 0 Å². The lowest BCUT2D eigenvalue weighted by atomic mass is 9.90. The van der Waals surface area contributed by atoms with Crippen molar-refractivity contribution in [2.45, 2.75) is 58.8 Å². The zero-order valence-electron chi connectivity index (χ0n) is 18.3. The van der Waals surface area contributed by atoms with Crippen molar-refractivity contribution >= 4 is 28.9 Å². The molecule has 11 heteroatoms. The van der Waals surface area contributed by atoms with Gasteiger partial charge < -0.3 is 0 Å². The molecule has 0 aliphatic rings. The number of fused-ring (bicyclic) bond motifs is 1. The van der Waals surface area contributed by atoms with Crippen LogP contribution < -0.4 is 22.0 Å². The first-order chi connectivity index (χ1) is 14.5. The number of aromatic amines is 2. The van der Waals surface area contributed by atoms with E-state index in [1.54, 1.807) is 0 Å². The highest BCUT2D eigenvalue weighted by atomic mass is 16.5. The van der Waals surface area contributed by atoms with Crippen molar-refractivity contribution in [3.05, 3.63) is 32.5 Å². The Kier molecular flexibility index (Phi) is 7.69. The number of aromatic nitrogens is 3. The summed E-state index contributed by atoms with van der Waals surface area (Å²) in [6.45, 7) is 7.37. The number of nitrogens with one attached hydrogen (secondary N) is 2. The Labute approximate surface area is 179 Å². The van der Waals surface area contributed by atoms with E-state index < -0.39 is 28.4 Å². The molecule has 2 aromatic rings. The van der Waals surface area contributed by atoms with Crippen LogP contribution in [0.15, 0.2) is 15.7 Å². The number of hydroxylamine groups is 2. The summed E-state index contributed by atoms with van der Waals surface area (Å²) >= 11 is 0. The number of hydrazine groups is 1. The third-order valence-corrected chi connectivity index (χ3v) is 5.03. The van der Waals surface area contributed by atoms with Gasteiger partial charge >= 0.3 is 0 Å². The number of rotatable bonds is 9. The molecule has 1 unspecified atom stereocenters. The number of hydrogen-bond donors (Lipinski definition) is 4. The number of carbonyl (C=O) groups excluding carboxylic acids is 2. The lowest BCUT2D eigenvalue weighted by Crippen LogP contribution is -2.46. The highest BCUT2D eigenvalue weighted by molar-refractivity contribution is 6.01. The van der Waals surface area contributed by atoms with Crippen LogP contribution in [0.1, 0.15) is 59.1 Å². The predicted octanol–water partition coefficient (Wildman–Crippen LogP) is 1.16. The molecule has 11 nitrogen and oxygen atoms in total. The van der Waals surface area contributed by atoms with Crippen LogP contribution in [0.4, 0.5) is 5.82 Å². The van der Waals surface area contributed by atoms with Crippen LogP contribution in [0.3, 0.4) is 0 Å². The summed E-state index contributed by atoms with van der Waals surface area (Å²) in [5.74, 6) is 4.52. The molecule has 2 amide bonds. The molecule has 0 saturated carbocycles. The number of nitrogens with two attached hydrogens (primary N) is 1. The number of amides is 2. The van der Waals surface area contributed by atoms with Crippen molar-refractivity contribution in [3.8, 4) is 0 Å². The fourth-order valence-corrected chi connectivity index (χ4v) is 3.24. The van der Waals surface area contributed by atoms with Gasteiger partial charge in [0.15, 0.2) is 5.82 Å². The zero-order valence-corrected chi connectivity index (χ0v) is 18.3. The van der Waals surface area contributed by atoms with Crippen molar-refractivity contribution in [2.24, 2.45) is 11.8 Å². The maximum atomic E-state index is 13.2. The van der Waals surface area contributed by atoms with Gasteiger partial charge in [-0.15, -0.1) is 0 Å². The number of nitrogens with zero attached hydrogens (tertiary/aromatic N) is 3. The van der Waals surface area contributed by atoms with Gasteiger partial charge in [-0.05, 0) is 12.5 Å². The van der Waals surface area contributed by atoms with Crippen LogP contribution in [0.25, 0.3) is 10.8 Å². The van der Waals surface area contributed by atoms with Gasteiger partial charge in [0.2, 0.25) is 12.3 Å². The molecule has 0 fully saturated rings. The zero-order chi connectivity index (χ0) is 23.3. The summed E-state index contributed by atoms with van der Waals surface area (Å²) in [6, 6.07) is 1.51. The summed E-state index contributed by atoms with van der Waals surface area (Å²) in [5.41, 5.74) is -1.23. The van der Waals surface area contributed by atoms with Crippen molar-refractivity contribution in [2.75, 3.05) is 11.6 Å². The van der Waals surface area contributed by atoms with Crippen molar-refractivity contribution < 1.29 is 14.8 Å². The maximum absolute atomic E-state index is 13.2. The number of anilines is 1. The number of carbonyl (C=O) groups is 2. The minimum atomic E-state index is -0.817. The van der Waals surface area contributed by atoms with Gasteiger partial charge in [0, 0.05) is 11.1 Å². The van der Waals surface area contributed by atoms with Gasteiger partial charge in [0.25, 0.3) is 11.1 Å². The first-order valence-electron chi connectivity index (χ1n) is 10.2. The molecule has 5 N–H and O–H groups in total. The standard InChI is InChI=1S/C20H30N6O5/c1-5-6-7-8-12(10-25(31)11-27)19(30)26(21)16-15-13(17(28)23-24-18(15)29)9-14(22-16)20(2,3)4/h9,11-12,31H,5-8,10,21H2,1-4H3,(H,23,28)(H,24,29). The van der Waals surface area contributed by atoms with Crippen LogP contribution in [0.5, 0.6) is 0 Å². The summed E-state index contributed by atoms with van der Waals surface area (Å²) in [5, 5.41) is 15.2. The summed E-state index contributed by atoms with van der Waals surface area (Å²) in [4.78, 5) is 53.4. The normalized spacial score (nSPS) is 12.6. The molecule has 0 saturated heterocycles. The molecule has 0 bridgehead atoms. The lowest BCUT2D eigenvalue weighted by molar-refractivity contribution is -0.154. The summed E-state index contributed by atoms with van der Waals surface area (Å²) in [6.07, 6.45) is 3.04. The third kappa shape index (κ3) is 5.56. The fourth-order valence-electron chi connectivity index (χ4n) is 3.24. The van der Waals surface area contributed by atoms with Crippen LogP contribution in [-0.4, -0.2) is 44.3 Å². The van der Waals surface area contributed by atoms with E-state index in [2.05, 4.69) is 15.2 Å². The predicted molar refractivity (Wildman–Crippen MR) is 116 cm³/mol. The van der Waals surface area contributed by atoms with E-state index in [-0.39, 0.29) is 29.5 Å². The Bertz CT molecular complexity index is 1050. The van der Waals surface area contributed by atoms with Gasteiger partial charge in [0.1, 0.15) is 0 Å². The quantitative estimate of drug-likeness (QED) is 0.115. The van der Waals surface area contributed by atoms with Gasteiger partial charge in [-0.2, -0.15) is 0 Å². The topological polar surface area (TPSA) is 165 Å². The molecule has 0 spiro atoms. The molecular weight excluding hydrogens is 404 g/mol. The molecule has 0 radical (unpaired) electrons. The number of unbranched alkanes of at least 4 members (excludes halogenated alkanes) is 2. The van der Waals surface area contributed by atoms with Crippen LogP contribution >= 0.6 is 0 Å². The average Bonchev–Trinajstić information content (AvgIpc) is 2.73. The highest BCUT2D eigenvalue weighted by Gasteiger charge is 2.29. The Morgan fingerprint density at radius 1 is 1.26 bits per heavy atom. The van der Waals surface area contributed by atoms with Crippen molar-refractivity contribution in [1.82, 2.24) is 20.2 Å². The minimum Gasteiger partial charge on any atom is -0.286 e. The Morgan fingerprint density at radius 2 is 1.90 bits per heavy atom. The molecule has 170 valence electrons. The highest BCUT2D eigenvalue weighted by Crippen LogP contribution is 2.28. The summed E-state index contributed by atoms with van der Waals surface area (Å²) in [7, 11) is 0. The minimum absolute atomic E-state index is 0.0566. The molecule has 0 aliphatic carbocycles. The van der Waals surface area contributed by atoms with Gasteiger partial charge in [-0.3, -0.25) is 34.6 Å². The number of pyridine rings is 1. The van der Waals surface area contributed by atoms with E-state index in [0.717, 1.165) is 17.9 Å². The Hall–Kier alpha value is -3.05. The van der Waals surface area contributed by atoms with Crippen LogP contribution in [-0.2, 0) is 15.0 Å². The van der Waals surface area contributed by atoms with Crippen LogP contribution in [0.2, 0.25) is 0 Å². The largest absolute Gasteiger partial charge is 0.286 e. The second kappa shape index (κ2) is 9.84. The SMILES string of the molecule is CCCCCC(CN(O)C=O)C(=O)N(N)c1nc(C(C)(C)C)cc2c(=O)[nH][nH]c(=O)c12. The second-order valence-electron chi connectivity index (χ2n) is 8.54. The monoisotopic (exact) mass is 434 g/mol. The molecule has 1 atom stereocenters. The van der Waals surface area contributed by atoms with E-state index in [1.807, 2.05) is 27.7 Å². The molecule has 2 heterocycles. The lowest BCUT2D eigenvalue weighted by Gasteiger charge is -2.26. The first-order valence-corrected chi connectivity index (χ1v) is 10.2. The van der Waals surface area contributed by atoms with Crippen LogP contribution in [0, 0.1) is 5.92 Å². The maximum Gasteiger partial charge on any atom is 0.274 e. The van der Waals surface area contributed by atoms with Gasteiger partial charge in [-0.1, -0.05) is 47.0 Å². The smallest absolute Gasteiger partial charge is 0.274 e. The molecular formula is C20H30N6O5. The Balaban J connectivity index is 2.60. The second-order valence-corrected chi connectivity index (χ2v) is 8.54. The number of hydrogen-bond acceptors (Lipinski definition) is 7. The molecule has 2 aromatic heterocycles. The average molecular weight is 434 g/mol. The molecule has 0 aliphatic heterocycles. The van der Waals surface area contributed by atoms with Crippen molar-refractivity contribution in [3.63, 3.8) is 0 Å². The Morgan fingerprint density at radius 3 is 2.48 bits per heavy atom.